The Bertz CT molecular complexity index is 562. The molecule has 1 heterocycles. The maximum atomic E-state index is 10.9. The largest absolute Gasteiger partial charge is 0.366 e. The number of benzene rings is 1. The molecule has 0 saturated carbocycles. The molecule has 0 aliphatic carbocycles. The SMILES string of the molecule is NC(=O)c1ccc(-c2cnccc2C=O)cc1. The molecule has 0 spiro atoms. The van der Waals surface area contributed by atoms with Crippen LogP contribution in [0.3, 0.4) is 0 Å². The van der Waals surface area contributed by atoms with Crippen molar-refractivity contribution in [3.63, 3.8) is 0 Å². The Morgan fingerprint density at radius 1 is 1.18 bits per heavy atom. The summed E-state index contributed by atoms with van der Waals surface area (Å²) >= 11 is 0. The van der Waals surface area contributed by atoms with E-state index in [1.807, 2.05) is 0 Å². The number of nitrogens with zero attached hydrogens (tertiary/aromatic N) is 1. The summed E-state index contributed by atoms with van der Waals surface area (Å²) in [6, 6.07) is 8.37. The van der Waals surface area contributed by atoms with Gasteiger partial charge in [0.05, 0.1) is 0 Å². The smallest absolute Gasteiger partial charge is 0.248 e. The molecule has 0 aliphatic heterocycles. The minimum Gasteiger partial charge on any atom is -0.366 e. The van der Waals surface area contributed by atoms with Crippen LogP contribution < -0.4 is 5.73 Å². The Morgan fingerprint density at radius 3 is 2.47 bits per heavy atom. The summed E-state index contributed by atoms with van der Waals surface area (Å²) in [5.41, 5.74) is 7.71. The number of carbonyl (C=O) groups excluding carboxylic acids is 2. The minimum atomic E-state index is -0.474. The van der Waals surface area contributed by atoms with Gasteiger partial charge in [-0.25, -0.2) is 0 Å². The Morgan fingerprint density at radius 2 is 1.88 bits per heavy atom. The van der Waals surface area contributed by atoms with Gasteiger partial charge in [-0.3, -0.25) is 14.6 Å². The van der Waals surface area contributed by atoms with Gasteiger partial charge < -0.3 is 5.73 Å². The molecule has 0 atom stereocenters. The van der Waals surface area contributed by atoms with E-state index in [9.17, 15) is 9.59 Å². The predicted octanol–water partition coefficient (Wildman–Crippen LogP) is 1.66. The number of amides is 1. The second kappa shape index (κ2) is 4.57. The Balaban J connectivity index is 2.46. The number of primary amides is 1. The maximum Gasteiger partial charge on any atom is 0.248 e. The summed E-state index contributed by atoms with van der Waals surface area (Å²) in [4.78, 5) is 25.8. The number of nitrogens with two attached hydrogens (primary N) is 1. The third-order valence-electron chi connectivity index (χ3n) is 2.46. The van der Waals surface area contributed by atoms with E-state index in [0.29, 0.717) is 11.1 Å². The quantitative estimate of drug-likeness (QED) is 0.809. The van der Waals surface area contributed by atoms with Crippen LogP contribution in [-0.2, 0) is 0 Å². The molecule has 4 nitrogen and oxygen atoms in total. The van der Waals surface area contributed by atoms with Gasteiger partial charge in [0.25, 0.3) is 0 Å². The van der Waals surface area contributed by atoms with Crippen molar-refractivity contribution in [3.05, 3.63) is 53.9 Å². The molecule has 4 heteroatoms. The van der Waals surface area contributed by atoms with Crippen LogP contribution in [0.15, 0.2) is 42.7 Å². The van der Waals surface area contributed by atoms with E-state index in [1.54, 1.807) is 42.7 Å². The van der Waals surface area contributed by atoms with Gasteiger partial charge in [-0.15, -0.1) is 0 Å². The van der Waals surface area contributed by atoms with Crippen molar-refractivity contribution in [2.24, 2.45) is 5.73 Å². The van der Waals surface area contributed by atoms with Gasteiger partial charge in [0.2, 0.25) is 5.91 Å². The first kappa shape index (κ1) is 11.0. The Labute approximate surface area is 98.1 Å². The van der Waals surface area contributed by atoms with Crippen LogP contribution in [0.1, 0.15) is 20.7 Å². The summed E-state index contributed by atoms with van der Waals surface area (Å²) < 4.78 is 0. The van der Waals surface area contributed by atoms with E-state index in [1.165, 1.54) is 0 Å². The second-order valence-electron chi connectivity index (χ2n) is 3.52. The molecular weight excluding hydrogens is 216 g/mol. The van der Waals surface area contributed by atoms with Gasteiger partial charge in [0, 0.05) is 29.1 Å². The summed E-state index contributed by atoms with van der Waals surface area (Å²) in [5, 5.41) is 0. The van der Waals surface area contributed by atoms with Gasteiger partial charge in [0.1, 0.15) is 0 Å². The van der Waals surface area contributed by atoms with Gasteiger partial charge >= 0.3 is 0 Å². The highest BCUT2D eigenvalue weighted by Crippen LogP contribution is 2.21. The summed E-state index contributed by atoms with van der Waals surface area (Å²) in [7, 11) is 0. The first-order valence-electron chi connectivity index (χ1n) is 5.02. The summed E-state index contributed by atoms with van der Waals surface area (Å²) in [5.74, 6) is -0.474. The van der Waals surface area contributed by atoms with Crippen LogP contribution in [-0.4, -0.2) is 17.2 Å². The van der Waals surface area contributed by atoms with Gasteiger partial charge in [-0.2, -0.15) is 0 Å². The van der Waals surface area contributed by atoms with Crippen molar-refractivity contribution >= 4 is 12.2 Å². The number of aromatic nitrogens is 1. The molecule has 0 radical (unpaired) electrons. The van der Waals surface area contributed by atoms with Gasteiger partial charge in [-0.05, 0) is 23.8 Å². The third-order valence-corrected chi connectivity index (χ3v) is 2.46. The van der Waals surface area contributed by atoms with Crippen LogP contribution in [0.2, 0.25) is 0 Å². The van der Waals surface area contributed by atoms with Crippen LogP contribution in [0.5, 0.6) is 0 Å². The number of aldehydes is 1. The minimum absolute atomic E-state index is 0.435. The van der Waals surface area contributed by atoms with E-state index < -0.39 is 5.91 Å². The van der Waals surface area contributed by atoms with Crippen molar-refractivity contribution in [1.82, 2.24) is 4.98 Å². The Hall–Kier alpha value is -2.49. The van der Waals surface area contributed by atoms with E-state index in [2.05, 4.69) is 4.98 Å². The number of hydrogen-bond acceptors (Lipinski definition) is 3. The molecule has 2 N–H and O–H groups in total. The van der Waals surface area contributed by atoms with Crippen LogP contribution in [0.4, 0.5) is 0 Å². The highest BCUT2D eigenvalue weighted by Gasteiger charge is 2.05. The molecule has 84 valence electrons. The molecule has 0 aliphatic rings. The monoisotopic (exact) mass is 226 g/mol. The lowest BCUT2D eigenvalue weighted by Crippen LogP contribution is -2.10. The van der Waals surface area contributed by atoms with Crippen molar-refractivity contribution in [1.29, 1.82) is 0 Å². The van der Waals surface area contributed by atoms with Crippen molar-refractivity contribution in [2.45, 2.75) is 0 Å². The predicted molar refractivity (Wildman–Crippen MR) is 63.6 cm³/mol. The summed E-state index contributed by atoms with van der Waals surface area (Å²) in [6.45, 7) is 0. The van der Waals surface area contributed by atoms with E-state index in [4.69, 9.17) is 5.73 Å². The van der Waals surface area contributed by atoms with Crippen molar-refractivity contribution in [2.75, 3.05) is 0 Å². The lowest BCUT2D eigenvalue weighted by atomic mass is 10.0. The average Bonchev–Trinajstić information content (AvgIpc) is 2.39. The fourth-order valence-electron chi connectivity index (χ4n) is 1.56. The average molecular weight is 226 g/mol. The molecule has 2 rings (SSSR count). The zero-order valence-electron chi connectivity index (χ0n) is 8.96. The number of hydrogen-bond donors (Lipinski definition) is 1. The van der Waals surface area contributed by atoms with Gasteiger partial charge in [0.15, 0.2) is 6.29 Å². The first-order chi connectivity index (χ1) is 8.22. The summed E-state index contributed by atoms with van der Waals surface area (Å²) in [6.07, 6.45) is 3.95. The standard InChI is InChI=1S/C13H10N2O2/c14-13(17)10-3-1-9(2-4-10)12-7-15-6-5-11(12)8-16/h1-8H,(H2,14,17). The molecule has 0 saturated heterocycles. The lowest BCUT2D eigenvalue weighted by Gasteiger charge is -2.04. The van der Waals surface area contributed by atoms with E-state index >= 15 is 0 Å². The first-order valence-corrected chi connectivity index (χ1v) is 5.02. The van der Waals surface area contributed by atoms with Crippen LogP contribution in [0.25, 0.3) is 11.1 Å². The molecule has 0 bridgehead atoms. The highest BCUT2D eigenvalue weighted by molar-refractivity contribution is 5.94. The Kier molecular flexibility index (Phi) is 2.96. The normalized spacial score (nSPS) is 9.88. The molecule has 0 fully saturated rings. The second-order valence-corrected chi connectivity index (χ2v) is 3.52. The number of pyridine rings is 1. The lowest BCUT2D eigenvalue weighted by molar-refractivity contribution is 0.1000. The van der Waals surface area contributed by atoms with Gasteiger partial charge in [-0.1, -0.05) is 12.1 Å². The van der Waals surface area contributed by atoms with Crippen LogP contribution >= 0.6 is 0 Å². The fourth-order valence-corrected chi connectivity index (χ4v) is 1.56. The zero-order valence-corrected chi connectivity index (χ0v) is 8.96. The fraction of sp³-hybridized carbons (Fsp3) is 0. The third kappa shape index (κ3) is 2.20. The zero-order chi connectivity index (χ0) is 12.3. The highest BCUT2D eigenvalue weighted by atomic mass is 16.1. The number of carbonyl (C=O) groups is 2. The van der Waals surface area contributed by atoms with Crippen molar-refractivity contribution < 1.29 is 9.59 Å². The molecular formula is C13H10N2O2. The molecule has 0 unspecified atom stereocenters. The molecule has 1 amide bonds. The van der Waals surface area contributed by atoms with E-state index in [0.717, 1.165) is 17.4 Å². The maximum absolute atomic E-state index is 10.9. The van der Waals surface area contributed by atoms with E-state index in [-0.39, 0.29) is 0 Å². The molecule has 1 aromatic carbocycles. The molecule has 2 aromatic rings. The van der Waals surface area contributed by atoms with Crippen LogP contribution in [0, 0.1) is 0 Å². The molecule has 17 heavy (non-hydrogen) atoms. The number of rotatable bonds is 3. The molecule has 1 aromatic heterocycles. The topological polar surface area (TPSA) is 73.1 Å². The van der Waals surface area contributed by atoms with Crippen molar-refractivity contribution in [3.8, 4) is 11.1 Å².